The van der Waals surface area contributed by atoms with Gasteiger partial charge in [-0.3, -0.25) is 9.59 Å². The van der Waals surface area contributed by atoms with Crippen molar-refractivity contribution in [2.24, 2.45) is 11.8 Å². The van der Waals surface area contributed by atoms with Gasteiger partial charge in [0, 0.05) is 0 Å². The SMILES string of the molecule is CCC/C=C/OC(=O)C1CC=CCC1C(=O)O/C=C/CCC. The minimum absolute atomic E-state index is 0.365. The summed E-state index contributed by atoms with van der Waals surface area (Å²) in [5, 5.41) is 0. The van der Waals surface area contributed by atoms with Gasteiger partial charge in [-0.15, -0.1) is 0 Å². The molecule has 4 nitrogen and oxygen atoms in total. The quantitative estimate of drug-likeness (QED) is 0.381. The number of ether oxygens (including phenoxy) is 2. The smallest absolute Gasteiger partial charge is 0.314 e. The summed E-state index contributed by atoms with van der Waals surface area (Å²) >= 11 is 0. The Morgan fingerprint density at radius 3 is 1.68 bits per heavy atom. The standard InChI is InChI=1S/C18H26O4/c1-3-5-9-13-21-17(19)15-11-7-8-12-16(15)18(20)22-14-10-6-4-2/h7-10,13-16H,3-6,11-12H2,1-2H3/b13-9+,14-10+. The maximum atomic E-state index is 12.1. The normalized spacial score (nSPS) is 21.4. The van der Waals surface area contributed by atoms with Crippen LogP contribution in [0.15, 0.2) is 36.8 Å². The van der Waals surface area contributed by atoms with Crippen LogP contribution in [-0.2, 0) is 19.1 Å². The van der Waals surface area contributed by atoms with E-state index in [1.807, 2.05) is 24.3 Å². The largest absolute Gasteiger partial charge is 0.435 e. The second kappa shape index (κ2) is 10.8. The van der Waals surface area contributed by atoms with Crippen molar-refractivity contribution < 1.29 is 19.1 Å². The van der Waals surface area contributed by atoms with E-state index in [0.29, 0.717) is 12.8 Å². The van der Waals surface area contributed by atoms with Gasteiger partial charge in [0.25, 0.3) is 0 Å². The van der Waals surface area contributed by atoms with E-state index < -0.39 is 11.8 Å². The minimum atomic E-state index is -0.469. The number of rotatable bonds is 8. The predicted octanol–water partition coefficient (Wildman–Crippen LogP) is 4.28. The average molecular weight is 306 g/mol. The molecule has 1 aliphatic carbocycles. The molecule has 1 rings (SSSR count). The third-order valence-corrected chi connectivity index (χ3v) is 3.51. The molecule has 0 amide bonds. The Balaban J connectivity index is 2.57. The van der Waals surface area contributed by atoms with Gasteiger partial charge in [-0.25, -0.2) is 0 Å². The molecule has 0 fully saturated rings. The van der Waals surface area contributed by atoms with Crippen LogP contribution in [0, 0.1) is 11.8 Å². The highest BCUT2D eigenvalue weighted by Gasteiger charge is 2.35. The lowest BCUT2D eigenvalue weighted by atomic mass is 9.83. The lowest BCUT2D eigenvalue weighted by molar-refractivity contribution is -0.154. The molecule has 2 atom stereocenters. The second-order valence-corrected chi connectivity index (χ2v) is 5.35. The molecule has 1 aliphatic rings. The summed E-state index contributed by atoms with van der Waals surface area (Å²) in [6.45, 7) is 4.10. The summed E-state index contributed by atoms with van der Waals surface area (Å²) in [5.74, 6) is -1.67. The molecule has 0 aromatic heterocycles. The van der Waals surface area contributed by atoms with Crippen molar-refractivity contribution >= 4 is 11.9 Å². The van der Waals surface area contributed by atoms with E-state index in [1.54, 1.807) is 0 Å². The van der Waals surface area contributed by atoms with E-state index in [1.165, 1.54) is 12.5 Å². The summed E-state index contributed by atoms with van der Waals surface area (Å²) in [5.41, 5.74) is 0. The number of carbonyl (C=O) groups is 2. The van der Waals surface area contributed by atoms with Crippen LogP contribution in [0.2, 0.25) is 0 Å². The highest BCUT2D eigenvalue weighted by molar-refractivity contribution is 5.83. The van der Waals surface area contributed by atoms with E-state index in [-0.39, 0.29) is 11.9 Å². The molecule has 0 heterocycles. The van der Waals surface area contributed by atoms with Crippen molar-refractivity contribution in [3.05, 3.63) is 36.8 Å². The second-order valence-electron chi connectivity index (χ2n) is 5.35. The van der Waals surface area contributed by atoms with Crippen LogP contribution in [0.5, 0.6) is 0 Å². The summed E-state index contributed by atoms with van der Waals surface area (Å²) in [4.78, 5) is 24.2. The lowest BCUT2D eigenvalue weighted by Gasteiger charge is -2.23. The fourth-order valence-electron chi connectivity index (χ4n) is 2.21. The molecule has 4 heteroatoms. The molecule has 22 heavy (non-hydrogen) atoms. The van der Waals surface area contributed by atoms with E-state index in [4.69, 9.17) is 9.47 Å². The van der Waals surface area contributed by atoms with Crippen molar-refractivity contribution in [1.82, 2.24) is 0 Å². The third kappa shape index (κ3) is 6.29. The average Bonchev–Trinajstić information content (AvgIpc) is 2.55. The van der Waals surface area contributed by atoms with Crippen molar-refractivity contribution in [2.75, 3.05) is 0 Å². The maximum Gasteiger partial charge on any atom is 0.314 e. The molecule has 0 aromatic carbocycles. The Morgan fingerprint density at radius 2 is 1.32 bits per heavy atom. The maximum absolute atomic E-state index is 12.1. The van der Waals surface area contributed by atoms with Gasteiger partial charge in [-0.1, -0.05) is 38.8 Å². The number of hydrogen-bond acceptors (Lipinski definition) is 4. The first-order valence-corrected chi connectivity index (χ1v) is 8.06. The zero-order valence-corrected chi connectivity index (χ0v) is 13.5. The van der Waals surface area contributed by atoms with Crippen LogP contribution in [0.1, 0.15) is 52.4 Å². The molecule has 0 saturated carbocycles. The number of carbonyl (C=O) groups excluding carboxylic acids is 2. The van der Waals surface area contributed by atoms with Crippen molar-refractivity contribution in [3.63, 3.8) is 0 Å². The van der Waals surface area contributed by atoms with E-state index in [0.717, 1.165) is 25.7 Å². The van der Waals surface area contributed by atoms with Crippen LogP contribution in [0.3, 0.4) is 0 Å². The molecule has 122 valence electrons. The molecule has 2 unspecified atom stereocenters. The molecular weight excluding hydrogens is 280 g/mol. The van der Waals surface area contributed by atoms with Crippen LogP contribution >= 0.6 is 0 Å². The first-order valence-electron chi connectivity index (χ1n) is 8.06. The Bertz CT molecular complexity index is 394. The highest BCUT2D eigenvalue weighted by Crippen LogP contribution is 2.28. The van der Waals surface area contributed by atoms with Gasteiger partial charge in [-0.05, 0) is 37.8 Å². The fraction of sp³-hybridized carbons (Fsp3) is 0.556. The zero-order valence-electron chi connectivity index (χ0n) is 13.5. The van der Waals surface area contributed by atoms with E-state index in [2.05, 4.69) is 13.8 Å². The molecule has 0 aromatic rings. The predicted molar refractivity (Wildman–Crippen MR) is 85.6 cm³/mol. The first-order chi connectivity index (χ1) is 10.7. The Kier molecular flexibility index (Phi) is 8.96. The van der Waals surface area contributed by atoms with Gasteiger partial charge >= 0.3 is 11.9 Å². The molecule has 0 radical (unpaired) electrons. The van der Waals surface area contributed by atoms with Gasteiger partial charge < -0.3 is 9.47 Å². The number of esters is 2. The van der Waals surface area contributed by atoms with Crippen molar-refractivity contribution in [1.29, 1.82) is 0 Å². The lowest BCUT2D eigenvalue weighted by Crippen LogP contribution is -2.32. The highest BCUT2D eigenvalue weighted by atomic mass is 16.5. The first kappa shape index (κ1) is 18.2. The van der Waals surface area contributed by atoms with Gasteiger partial charge in [-0.2, -0.15) is 0 Å². The molecular formula is C18H26O4. The van der Waals surface area contributed by atoms with Gasteiger partial charge in [0.15, 0.2) is 0 Å². The summed E-state index contributed by atoms with van der Waals surface area (Å²) in [6.07, 6.45) is 15.1. The van der Waals surface area contributed by atoms with Crippen LogP contribution in [-0.4, -0.2) is 11.9 Å². The Labute approximate surface area is 132 Å². The minimum Gasteiger partial charge on any atom is -0.435 e. The number of unbranched alkanes of at least 4 members (excludes halogenated alkanes) is 2. The topological polar surface area (TPSA) is 52.6 Å². The molecule has 0 spiro atoms. The molecule has 0 saturated heterocycles. The van der Waals surface area contributed by atoms with Crippen molar-refractivity contribution in [3.8, 4) is 0 Å². The van der Waals surface area contributed by atoms with Crippen LogP contribution < -0.4 is 0 Å². The van der Waals surface area contributed by atoms with Crippen LogP contribution in [0.25, 0.3) is 0 Å². The third-order valence-electron chi connectivity index (χ3n) is 3.51. The van der Waals surface area contributed by atoms with Crippen LogP contribution in [0.4, 0.5) is 0 Å². The van der Waals surface area contributed by atoms with Gasteiger partial charge in [0.2, 0.25) is 0 Å². The van der Waals surface area contributed by atoms with Crippen molar-refractivity contribution in [2.45, 2.75) is 52.4 Å². The number of allylic oxidation sites excluding steroid dienone is 4. The van der Waals surface area contributed by atoms with E-state index >= 15 is 0 Å². The fourth-order valence-corrected chi connectivity index (χ4v) is 2.21. The molecule has 0 bridgehead atoms. The monoisotopic (exact) mass is 306 g/mol. The summed E-state index contributed by atoms with van der Waals surface area (Å²) < 4.78 is 10.3. The molecule has 0 N–H and O–H groups in total. The summed E-state index contributed by atoms with van der Waals surface area (Å²) in [6, 6.07) is 0. The van der Waals surface area contributed by atoms with E-state index in [9.17, 15) is 9.59 Å². The molecule has 0 aliphatic heterocycles. The number of hydrogen-bond donors (Lipinski definition) is 0. The Morgan fingerprint density at radius 1 is 0.909 bits per heavy atom. The zero-order chi connectivity index (χ0) is 16.2. The van der Waals surface area contributed by atoms with Gasteiger partial charge in [0.05, 0.1) is 24.4 Å². The van der Waals surface area contributed by atoms with Gasteiger partial charge in [0.1, 0.15) is 0 Å². The Hall–Kier alpha value is -1.84. The summed E-state index contributed by atoms with van der Waals surface area (Å²) in [7, 11) is 0.